The van der Waals surface area contributed by atoms with Gasteiger partial charge in [0.1, 0.15) is 34.9 Å². The van der Waals surface area contributed by atoms with Gasteiger partial charge in [0, 0.05) is 89.3 Å². The van der Waals surface area contributed by atoms with Gasteiger partial charge in [0.15, 0.2) is 11.6 Å². The second kappa shape index (κ2) is 65.7. The zero-order valence-corrected chi connectivity index (χ0v) is 78.5. The molecule has 6 aromatic carbocycles. The van der Waals surface area contributed by atoms with E-state index >= 15 is 0 Å². The van der Waals surface area contributed by atoms with Crippen LogP contribution in [0.15, 0.2) is 274 Å². The second-order valence-electron chi connectivity index (χ2n) is 33.0. The highest BCUT2D eigenvalue weighted by Gasteiger charge is 2.36. The van der Waals surface area contributed by atoms with Crippen LogP contribution in [-0.2, 0) is 72.0 Å². The maximum atomic E-state index is 12.3. The van der Waals surface area contributed by atoms with Gasteiger partial charge in [-0.15, -0.1) is 11.6 Å². The van der Waals surface area contributed by atoms with E-state index < -0.39 is 53.0 Å². The van der Waals surface area contributed by atoms with Gasteiger partial charge in [0.25, 0.3) is 0 Å². The van der Waals surface area contributed by atoms with Gasteiger partial charge in [-0.1, -0.05) is 234 Å². The molecule has 13 N–H and O–H groups in total. The lowest BCUT2D eigenvalue weighted by atomic mass is 9.87. The minimum atomic E-state index is -1.07. The van der Waals surface area contributed by atoms with Gasteiger partial charge in [-0.05, 0) is 229 Å². The van der Waals surface area contributed by atoms with Crippen LogP contribution in [-0.4, -0.2) is 159 Å². The van der Waals surface area contributed by atoms with Crippen molar-refractivity contribution in [3.05, 3.63) is 297 Å². The molecule has 2 heterocycles. The van der Waals surface area contributed by atoms with Crippen LogP contribution in [0.5, 0.6) is 0 Å². The molecule has 8 rings (SSSR count). The predicted octanol–water partition coefficient (Wildman–Crippen LogP) is 18.7. The molecule has 24 nitrogen and oxygen atoms in total. The van der Waals surface area contributed by atoms with Crippen molar-refractivity contribution in [2.45, 2.75) is 254 Å². The molecule has 2 aliphatic rings. The van der Waals surface area contributed by atoms with Crippen LogP contribution in [0.2, 0.25) is 0 Å². The number of rotatable bonds is 33. The number of oxime groups is 2. The summed E-state index contributed by atoms with van der Waals surface area (Å²) in [6.45, 7) is 35.8. The molecule has 0 bridgehead atoms. The van der Waals surface area contributed by atoms with Gasteiger partial charge in [0.2, 0.25) is 0 Å². The smallest absolute Gasteiger partial charge is 0.407 e. The van der Waals surface area contributed by atoms with E-state index in [-0.39, 0.29) is 43.2 Å². The summed E-state index contributed by atoms with van der Waals surface area (Å²) in [7, 11) is 0. The fraction of sp³-hybridized carbons (Fsp3) is 0.431. The van der Waals surface area contributed by atoms with Crippen molar-refractivity contribution in [2.75, 3.05) is 32.7 Å². The minimum Gasteiger partial charge on any atom is -0.444 e. The number of amides is 3. The summed E-state index contributed by atoms with van der Waals surface area (Å²) in [6, 6.07) is 60.1. The van der Waals surface area contributed by atoms with Gasteiger partial charge in [-0.3, -0.25) is 19.7 Å². The van der Waals surface area contributed by atoms with E-state index in [0.29, 0.717) is 83.1 Å². The van der Waals surface area contributed by atoms with Gasteiger partial charge in [0.05, 0.1) is 30.2 Å². The van der Waals surface area contributed by atoms with E-state index in [1.54, 1.807) is 32.9 Å². The Morgan fingerprint density at radius 1 is 0.583 bits per heavy atom. The van der Waals surface area contributed by atoms with E-state index in [0.717, 1.165) is 83.1 Å². The van der Waals surface area contributed by atoms with E-state index in [2.05, 4.69) is 80.3 Å². The quantitative estimate of drug-likeness (QED) is 0.00210. The van der Waals surface area contributed by atoms with Crippen LogP contribution < -0.4 is 32.0 Å². The lowest BCUT2D eigenvalue weighted by Gasteiger charge is -2.38. The number of aliphatic hydroxyl groups excluding tert-OH is 3. The number of alkyl carbamates (subject to hydrolysis) is 3. The normalized spacial score (nSPS) is 15.5. The van der Waals surface area contributed by atoms with Gasteiger partial charge in [-0.2, -0.15) is 0 Å². The van der Waals surface area contributed by atoms with Crippen molar-refractivity contribution in [1.29, 1.82) is 0 Å². The number of ether oxygens (including phenoxy) is 3. The summed E-state index contributed by atoms with van der Waals surface area (Å²) in [5, 5.41) is 73.8. The van der Waals surface area contributed by atoms with Crippen LogP contribution in [0.25, 0.3) is 0 Å². The third-order valence-corrected chi connectivity index (χ3v) is 18.6. The average molecular weight is 1770 g/mol. The Balaban J connectivity index is 0.000000749. The molecule has 0 saturated carbocycles. The predicted molar refractivity (Wildman–Crippen MR) is 512 cm³/mol. The number of benzene rings is 6. The molecule has 696 valence electrons. The van der Waals surface area contributed by atoms with E-state index in [4.69, 9.17) is 35.2 Å². The molecule has 0 spiro atoms. The van der Waals surface area contributed by atoms with E-state index in [1.807, 2.05) is 266 Å². The molecule has 5 unspecified atom stereocenters. The number of hydrogen-bond acceptors (Lipinski definition) is 21. The summed E-state index contributed by atoms with van der Waals surface area (Å²) in [5.74, 6) is -0.0709. The standard InChI is InChI=1S/C20H28N2O3.C20H29NO4.2C15H21NO2.C12H14O.C11H13NO.C9H17NO2.ClH2NO/c1-5-16(13-15-9-7-6-8-10-15)18-14-17(25-22-18)11-12-21-19(23)24-20(2,3)4;1-5-16(13-15-9-7-6-8-10-15)18(23)14-17(22)11-12-21-19(24)25-20(2,3)4;1-2-13(10-12-6-4-3-5-7-12)15(18)11-14(17)8-9-16-15;1-2-13(10-12-6-4-3-5-7-12)15(18)11-14(17)8-9-16;1-10(2)12(9-13)8-11-6-4-3-5-7-11;1-2-10(9-12-13)8-11-6-4-3-5-7-11;1-5-6-7-10-8(11)12-9(2,3)4;1-2-3/h5-10,17H,11-14H2,1-4H3,(H,21,23);5-10,17,22H,11-14H2,1-4H3,(H,21,24);2-7,14,16-18H,8-11H2,1H3;2-7,14,17H,8-11,16H2,1H3;3-7,9H,8H2,1-2H3;2-7,9,13H,8H2,1H3;5H,1,6-7H2,2-4H3,(H,10,11);2-3H/b;;;;;10-2?,12-9+;;. The van der Waals surface area contributed by atoms with Crippen molar-refractivity contribution < 1.29 is 78.7 Å². The first-order valence-corrected chi connectivity index (χ1v) is 43.6. The Hall–Kier alpha value is -10.8. The Morgan fingerprint density at radius 2 is 0.969 bits per heavy atom. The number of aldehydes is 1. The van der Waals surface area contributed by atoms with E-state index in [9.17, 15) is 49.2 Å². The maximum Gasteiger partial charge on any atom is 0.407 e. The lowest BCUT2D eigenvalue weighted by Crippen LogP contribution is -2.54. The summed E-state index contributed by atoms with van der Waals surface area (Å²) >= 11 is 4.30. The number of carbonyl (C=O) groups excluding carboxylic acids is 6. The molecule has 127 heavy (non-hydrogen) atoms. The number of allylic oxidation sites excluding steroid dienone is 11. The van der Waals surface area contributed by atoms with Crippen LogP contribution in [0, 0.1) is 0 Å². The number of hydrogen-bond donors (Lipinski definition) is 12. The molecule has 6 aromatic rings. The summed E-state index contributed by atoms with van der Waals surface area (Å²) in [4.78, 5) is 75.9. The fourth-order valence-electron chi connectivity index (χ4n) is 12.1. The SMILES string of the molecule is C=CCCNC(=O)OC(C)(C)C.CC(C)=C(C=O)Cc1ccccc1.CC=C(/C=N/O)Cc1ccccc1.CC=C(Cc1ccccc1)C(=O)CC(O)CCN.CC=C(Cc1ccccc1)C(=O)CC(O)CCNC(=O)OC(C)(C)C.CC=C(Cc1ccccc1)C1(O)CC(O)CCN1.CC=C(Cc1ccccc1)C1=NOC(CCNC(=O)OC(C)(C)C)C1.ONCl. The molecule has 1 fully saturated rings. The number of carbonyl (C=O) groups is 6. The average Bonchev–Trinajstić information content (AvgIpc) is 1.50. The zero-order valence-electron chi connectivity index (χ0n) is 77.7. The second-order valence-corrected chi connectivity index (χ2v) is 33.2. The molecule has 3 amide bonds. The summed E-state index contributed by atoms with van der Waals surface area (Å²) in [6.07, 6.45) is 19.1. The van der Waals surface area contributed by atoms with Crippen molar-refractivity contribution in [3.8, 4) is 0 Å². The Labute approximate surface area is 760 Å². The highest BCUT2D eigenvalue weighted by atomic mass is 35.5. The molecule has 0 radical (unpaired) electrons. The van der Waals surface area contributed by atoms with Crippen molar-refractivity contribution in [3.63, 3.8) is 0 Å². The monoisotopic (exact) mass is 1770 g/mol. The highest BCUT2D eigenvalue weighted by Crippen LogP contribution is 2.28. The first-order valence-electron chi connectivity index (χ1n) is 43.2. The summed E-state index contributed by atoms with van der Waals surface area (Å²) < 4.78 is 15.3. The number of nitrogens with one attached hydrogen (secondary N) is 5. The molecule has 1 saturated heterocycles. The zero-order chi connectivity index (χ0) is 95.1. The number of nitrogens with two attached hydrogens (primary N) is 1. The molecular formula is C102H145ClN8O16. The molecular weight excluding hydrogens is 1630 g/mol. The number of halogens is 1. The first-order chi connectivity index (χ1) is 60.4. The number of nitrogens with zero attached hydrogens (tertiary/aromatic N) is 2. The van der Waals surface area contributed by atoms with Gasteiger partial charge in [-0.25, -0.2) is 14.4 Å². The van der Waals surface area contributed by atoms with Crippen molar-refractivity contribution in [1.82, 2.24) is 26.3 Å². The lowest BCUT2D eigenvalue weighted by molar-refractivity contribution is -0.118. The number of piperidine rings is 1. The molecule has 2 aliphatic heterocycles. The molecule has 5 atom stereocenters. The Morgan fingerprint density at radius 3 is 1.32 bits per heavy atom. The van der Waals surface area contributed by atoms with Crippen molar-refractivity contribution >= 4 is 59.8 Å². The highest BCUT2D eigenvalue weighted by molar-refractivity contribution is 6.12. The van der Waals surface area contributed by atoms with Crippen LogP contribution in [0.1, 0.15) is 202 Å². The number of ketones is 2. The van der Waals surface area contributed by atoms with Crippen LogP contribution in [0.4, 0.5) is 14.4 Å². The Kier molecular flexibility index (Phi) is 59.1. The molecule has 0 aromatic heterocycles. The van der Waals surface area contributed by atoms with Crippen LogP contribution in [0.3, 0.4) is 0 Å². The third-order valence-electron chi connectivity index (χ3n) is 18.6. The third kappa shape index (κ3) is 56.1. The Bertz CT molecular complexity index is 4350. The minimum absolute atomic E-state index is 0.00213. The summed E-state index contributed by atoms with van der Waals surface area (Å²) in [5.41, 5.74) is 17.3. The van der Waals surface area contributed by atoms with Crippen molar-refractivity contribution in [2.24, 2.45) is 16.0 Å². The fourth-order valence-corrected chi connectivity index (χ4v) is 12.1. The van der Waals surface area contributed by atoms with Gasteiger partial charge < -0.3 is 71.6 Å². The number of Topliss-reactive ketones (excluding diaryl/α,β-unsaturated/α-hetero) is 2. The molecule has 0 aliphatic carbocycles. The molecule has 25 heteroatoms. The first kappa shape index (κ1) is 114. The van der Waals surface area contributed by atoms with Crippen LogP contribution >= 0.6 is 11.8 Å². The largest absolute Gasteiger partial charge is 0.444 e. The number of aliphatic hydroxyl groups is 4. The maximum absolute atomic E-state index is 12.3. The van der Waals surface area contributed by atoms with Gasteiger partial charge >= 0.3 is 18.3 Å². The topological polar surface area (TPSA) is 372 Å². The van der Waals surface area contributed by atoms with E-state index in [1.165, 1.54) is 39.0 Å².